The van der Waals surface area contributed by atoms with E-state index in [1.807, 2.05) is 74.5 Å². The van der Waals surface area contributed by atoms with Gasteiger partial charge in [-0.05, 0) is 30.4 Å². The highest BCUT2D eigenvalue weighted by molar-refractivity contribution is 5.92. The number of ether oxygens (including phenoxy) is 1. The Balaban J connectivity index is 2.12. The molecule has 3 unspecified atom stereocenters. The maximum atomic E-state index is 13.2. The summed E-state index contributed by atoms with van der Waals surface area (Å²) in [5, 5.41) is 16.8. The van der Waals surface area contributed by atoms with Crippen LogP contribution in [0, 0.1) is 5.92 Å². The molecule has 0 fully saturated rings. The van der Waals surface area contributed by atoms with Gasteiger partial charge < -0.3 is 25.8 Å². The van der Waals surface area contributed by atoms with Crippen LogP contribution < -0.4 is 16.0 Å². The number of nitrogens with one attached hydrogen (secondary N) is 3. The zero-order valence-electron chi connectivity index (χ0n) is 20.2. The Morgan fingerprint density at radius 1 is 0.771 bits per heavy atom. The summed E-state index contributed by atoms with van der Waals surface area (Å²) in [6.07, 6.45) is -0.302. The third-order valence-corrected chi connectivity index (χ3v) is 5.17. The molecule has 0 aliphatic heterocycles. The lowest BCUT2D eigenvalue weighted by molar-refractivity contribution is -0.141. The van der Waals surface area contributed by atoms with E-state index in [2.05, 4.69) is 16.0 Å². The van der Waals surface area contributed by atoms with Gasteiger partial charge in [0.15, 0.2) is 0 Å². The number of carbonyl (C=O) groups is 4. The van der Waals surface area contributed by atoms with E-state index < -0.39 is 42.0 Å². The molecule has 4 N–H and O–H groups in total. The smallest absolute Gasteiger partial charge is 0.408 e. The molecule has 2 aromatic rings. The number of carbonyl (C=O) groups excluding carboxylic acids is 3. The fourth-order valence-electron chi connectivity index (χ4n) is 3.32. The normalized spacial score (nSPS) is 13.3. The van der Waals surface area contributed by atoms with Crippen LogP contribution in [0.5, 0.6) is 0 Å². The quantitative estimate of drug-likeness (QED) is 0.367. The summed E-state index contributed by atoms with van der Waals surface area (Å²) in [6, 6.07) is 15.2. The standard InChI is InChI=1S/C26H33N3O6/c1-17(2)14-21(23(30)27-18(3)25(32)33)28-24(31)22(15-19-10-6-4-7-11-19)29-26(34)35-16-20-12-8-5-9-13-20/h4-13,17-18,21-22H,14-16H2,1-3H3,(H,27,30)(H,28,31)(H,29,34)(H,32,33). The number of aliphatic carboxylic acids is 1. The first-order chi connectivity index (χ1) is 16.7. The molecule has 0 heterocycles. The van der Waals surface area contributed by atoms with Crippen molar-refractivity contribution in [2.45, 2.75) is 58.3 Å². The van der Waals surface area contributed by atoms with Crippen molar-refractivity contribution in [3.05, 3.63) is 71.8 Å². The topological polar surface area (TPSA) is 134 Å². The SMILES string of the molecule is CC(C)CC(NC(=O)C(Cc1ccccc1)NC(=O)OCc1ccccc1)C(=O)NC(C)C(=O)O. The van der Waals surface area contributed by atoms with Crippen molar-refractivity contribution < 1.29 is 29.0 Å². The van der Waals surface area contributed by atoms with E-state index in [9.17, 15) is 19.2 Å². The Labute approximate surface area is 205 Å². The Kier molecular flexibility index (Phi) is 10.7. The highest BCUT2D eigenvalue weighted by Crippen LogP contribution is 2.09. The van der Waals surface area contributed by atoms with Crippen molar-refractivity contribution in [2.75, 3.05) is 0 Å². The van der Waals surface area contributed by atoms with E-state index in [1.165, 1.54) is 6.92 Å². The zero-order valence-corrected chi connectivity index (χ0v) is 20.2. The molecule has 3 atom stereocenters. The molecule has 35 heavy (non-hydrogen) atoms. The summed E-state index contributed by atoms with van der Waals surface area (Å²) < 4.78 is 5.27. The third kappa shape index (κ3) is 9.87. The van der Waals surface area contributed by atoms with Gasteiger partial charge in [0.25, 0.3) is 0 Å². The number of hydrogen-bond acceptors (Lipinski definition) is 5. The first-order valence-corrected chi connectivity index (χ1v) is 11.5. The van der Waals surface area contributed by atoms with E-state index in [1.54, 1.807) is 0 Å². The second-order valence-corrected chi connectivity index (χ2v) is 8.71. The molecular formula is C26H33N3O6. The lowest BCUT2D eigenvalue weighted by Gasteiger charge is -2.25. The number of benzene rings is 2. The highest BCUT2D eigenvalue weighted by Gasteiger charge is 2.29. The van der Waals surface area contributed by atoms with Crippen molar-refractivity contribution in [1.29, 1.82) is 0 Å². The predicted molar refractivity (Wildman–Crippen MR) is 130 cm³/mol. The van der Waals surface area contributed by atoms with Crippen LogP contribution >= 0.6 is 0 Å². The molecule has 0 aliphatic rings. The first kappa shape index (κ1) is 27.4. The van der Waals surface area contributed by atoms with E-state index in [-0.39, 0.29) is 18.9 Å². The number of rotatable bonds is 12. The molecule has 0 aromatic heterocycles. The van der Waals surface area contributed by atoms with Crippen LogP contribution in [0.15, 0.2) is 60.7 Å². The third-order valence-electron chi connectivity index (χ3n) is 5.17. The molecule has 0 aliphatic carbocycles. The number of alkyl carbamates (subject to hydrolysis) is 1. The summed E-state index contributed by atoms with van der Waals surface area (Å²) in [6.45, 7) is 5.15. The average molecular weight is 484 g/mol. The van der Waals surface area contributed by atoms with Crippen LogP contribution in [0.4, 0.5) is 4.79 Å². The monoisotopic (exact) mass is 483 g/mol. The Hall–Kier alpha value is -3.88. The van der Waals surface area contributed by atoms with Gasteiger partial charge in [0.05, 0.1) is 0 Å². The van der Waals surface area contributed by atoms with Gasteiger partial charge in [0.2, 0.25) is 11.8 Å². The van der Waals surface area contributed by atoms with Crippen LogP contribution in [0.2, 0.25) is 0 Å². The minimum absolute atomic E-state index is 0.0395. The lowest BCUT2D eigenvalue weighted by atomic mass is 10.0. The molecule has 2 rings (SSSR count). The minimum Gasteiger partial charge on any atom is -0.480 e. The summed E-state index contributed by atoms with van der Waals surface area (Å²) in [5.74, 6) is -2.32. The van der Waals surface area contributed by atoms with Gasteiger partial charge in [0.1, 0.15) is 24.7 Å². The zero-order chi connectivity index (χ0) is 25.8. The summed E-state index contributed by atoms with van der Waals surface area (Å²) in [4.78, 5) is 49.5. The summed E-state index contributed by atoms with van der Waals surface area (Å²) >= 11 is 0. The molecule has 188 valence electrons. The van der Waals surface area contributed by atoms with E-state index in [4.69, 9.17) is 9.84 Å². The Morgan fingerprint density at radius 2 is 1.31 bits per heavy atom. The van der Waals surface area contributed by atoms with Gasteiger partial charge in [-0.2, -0.15) is 0 Å². The Morgan fingerprint density at radius 3 is 1.86 bits per heavy atom. The molecule has 9 heteroatoms. The Bertz CT molecular complexity index is 981. The maximum absolute atomic E-state index is 13.2. The van der Waals surface area contributed by atoms with Crippen LogP contribution in [0.3, 0.4) is 0 Å². The lowest BCUT2D eigenvalue weighted by Crippen LogP contribution is -2.56. The van der Waals surface area contributed by atoms with Gasteiger partial charge in [-0.1, -0.05) is 74.5 Å². The van der Waals surface area contributed by atoms with Gasteiger partial charge in [0, 0.05) is 6.42 Å². The van der Waals surface area contributed by atoms with Gasteiger partial charge in [-0.3, -0.25) is 14.4 Å². The summed E-state index contributed by atoms with van der Waals surface area (Å²) in [5.41, 5.74) is 1.60. The molecule has 0 radical (unpaired) electrons. The van der Waals surface area contributed by atoms with E-state index >= 15 is 0 Å². The van der Waals surface area contributed by atoms with E-state index in [0.29, 0.717) is 6.42 Å². The fraction of sp³-hybridized carbons (Fsp3) is 0.385. The number of hydrogen-bond donors (Lipinski definition) is 4. The molecule has 3 amide bonds. The fourth-order valence-corrected chi connectivity index (χ4v) is 3.32. The van der Waals surface area contributed by atoms with Crippen molar-refractivity contribution >= 4 is 23.9 Å². The number of carboxylic acids is 1. The molecule has 0 saturated carbocycles. The van der Waals surface area contributed by atoms with Crippen molar-refractivity contribution in [3.63, 3.8) is 0 Å². The number of amides is 3. The molecule has 0 saturated heterocycles. The molecule has 2 aromatic carbocycles. The van der Waals surface area contributed by atoms with Crippen molar-refractivity contribution in [3.8, 4) is 0 Å². The van der Waals surface area contributed by atoms with Crippen LogP contribution in [-0.4, -0.2) is 47.1 Å². The van der Waals surface area contributed by atoms with Gasteiger partial charge >= 0.3 is 12.1 Å². The van der Waals surface area contributed by atoms with Gasteiger partial charge in [-0.15, -0.1) is 0 Å². The largest absolute Gasteiger partial charge is 0.480 e. The predicted octanol–water partition coefficient (Wildman–Crippen LogP) is 2.64. The average Bonchev–Trinajstić information content (AvgIpc) is 2.82. The minimum atomic E-state index is -1.18. The number of carboxylic acid groups (broad SMARTS) is 1. The van der Waals surface area contributed by atoms with Crippen LogP contribution in [0.25, 0.3) is 0 Å². The van der Waals surface area contributed by atoms with Crippen LogP contribution in [-0.2, 0) is 32.1 Å². The molecule has 0 bridgehead atoms. The maximum Gasteiger partial charge on any atom is 0.408 e. The first-order valence-electron chi connectivity index (χ1n) is 11.5. The van der Waals surface area contributed by atoms with Crippen molar-refractivity contribution in [2.24, 2.45) is 5.92 Å². The summed E-state index contributed by atoms with van der Waals surface area (Å²) in [7, 11) is 0. The van der Waals surface area contributed by atoms with Gasteiger partial charge in [-0.25, -0.2) is 4.79 Å². The molecular weight excluding hydrogens is 450 g/mol. The van der Waals surface area contributed by atoms with E-state index in [0.717, 1.165) is 11.1 Å². The molecule has 9 nitrogen and oxygen atoms in total. The molecule has 0 spiro atoms. The highest BCUT2D eigenvalue weighted by atomic mass is 16.5. The second kappa shape index (κ2) is 13.7. The van der Waals surface area contributed by atoms with Crippen molar-refractivity contribution in [1.82, 2.24) is 16.0 Å². The van der Waals surface area contributed by atoms with Crippen LogP contribution in [0.1, 0.15) is 38.3 Å². The second-order valence-electron chi connectivity index (χ2n) is 8.71.